The van der Waals surface area contributed by atoms with E-state index in [1.165, 1.54) is 0 Å². The zero-order chi connectivity index (χ0) is 18.0. The minimum absolute atomic E-state index is 0.264. The Morgan fingerprint density at radius 1 is 1.36 bits per heavy atom. The van der Waals surface area contributed by atoms with Crippen LogP contribution >= 0.6 is 11.8 Å². The Kier molecular flexibility index (Phi) is 5.64. The molecule has 0 saturated carbocycles. The lowest BCUT2D eigenvalue weighted by Gasteiger charge is -2.37. The molecule has 0 spiro atoms. The number of esters is 1. The van der Waals surface area contributed by atoms with Gasteiger partial charge in [-0.15, -0.1) is 0 Å². The summed E-state index contributed by atoms with van der Waals surface area (Å²) in [5.74, 6) is 0.854. The molecule has 1 aliphatic heterocycles. The van der Waals surface area contributed by atoms with Gasteiger partial charge in [-0.2, -0.15) is 11.8 Å². The van der Waals surface area contributed by atoms with Crippen LogP contribution < -0.4 is 0 Å². The highest BCUT2D eigenvalue weighted by atomic mass is 32.2. The number of benzene rings is 1. The summed E-state index contributed by atoms with van der Waals surface area (Å²) in [5.41, 5.74) is 3.38. The topological polar surface area (TPSA) is 42.4 Å². The molecule has 0 N–H and O–H groups in total. The van der Waals surface area contributed by atoms with Crippen LogP contribution in [-0.2, 0) is 11.3 Å². The van der Waals surface area contributed by atoms with E-state index in [2.05, 4.69) is 18.7 Å². The molecule has 0 radical (unpaired) electrons. The Labute approximate surface area is 153 Å². The molecule has 1 fully saturated rings. The average Bonchev–Trinajstić information content (AvgIpc) is 2.59. The Bertz CT molecular complexity index is 778. The smallest absolute Gasteiger partial charge is 0.340 e. The predicted octanol–water partition coefficient (Wildman–Crippen LogP) is 4.05. The maximum absolute atomic E-state index is 12.6. The van der Waals surface area contributed by atoms with Crippen molar-refractivity contribution in [2.45, 2.75) is 45.5 Å². The number of aryl methyl sites for hydroxylation is 1. The average molecular weight is 359 g/mol. The summed E-state index contributed by atoms with van der Waals surface area (Å²) < 4.78 is 5.33. The first kappa shape index (κ1) is 18.2. The summed E-state index contributed by atoms with van der Waals surface area (Å²) in [7, 11) is 0. The number of rotatable bonds is 4. The van der Waals surface area contributed by atoms with Crippen molar-refractivity contribution in [2.24, 2.45) is 0 Å². The van der Waals surface area contributed by atoms with Gasteiger partial charge in [0.05, 0.1) is 23.4 Å². The number of thioether (sulfide) groups is 1. The monoisotopic (exact) mass is 358 g/mol. The van der Waals surface area contributed by atoms with Gasteiger partial charge in [0.15, 0.2) is 0 Å². The van der Waals surface area contributed by atoms with Crippen molar-refractivity contribution >= 4 is 28.6 Å². The van der Waals surface area contributed by atoms with Crippen molar-refractivity contribution in [3.8, 4) is 0 Å². The van der Waals surface area contributed by atoms with Crippen LogP contribution in [0.2, 0.25) is 0 Å². The zero-order valence-electron chi connectivity index (χ0n) is 15.4. The molecule has 2 unspecified atom stereocenters. The Morgan fingerprint density at radius 3 is 2.88 bits per heavy atom. The second-order valence-electron chi connectivity index (χ2n) is 6.58. The molecule has 1 aliphatic rings. The van der Waals surface area contributed by atoms with Gasteiger partial charge in [-0.3, -0.25) is 9.88 Å². The molecule has 0 bridgehead atoms. The van der Waals surface area contributed by atoms with Gasteiger partial charge in [0, 0.05) is 35.5 Å². The lowest BCUT2D eigenvalue weighted by Crippen LogP contribution is -2.44. The van der Waals surface area contributed by atoms with Crippen molar-refractivity contribution in [3.63, 3.8) is 0 Å². The highest BCUT2D eigenvalue weighted by molar-refractivity contribution is 8.00. The second kappa shape index (κ2) is 7.75. The van der Waals surface area contributed by atoms with Crippen molar-refractivity contribution in [1.82, 2.24) is 9.88 Å². The minimum atomic E-state index is -0.264. The number of hydrogen-bond donors (Lipinski definition) is 0. The molecule has 0 aliphatic carbocycles. The van der Waals surface area contributed by atoms with Crippen LogP contribution in [0.4, 0.5) is 0 Å². The largest absolute Gasteiger partial charge is 0.462 e. The summed E-state index contributed by atoms with van der Waals surface area (Å²) in [6.45, 7) is 10.4. The first-order valence-corrected chi connectivity index (χ1v) is 9.98. The van der Waals surface area contributed by atoms with Crippen LogP contribution in [0.1, 0.15) is 42.4 Å². The van der Waals surface area contributed by atoms with Gasteiger partial charge in [0.1, 0.15) is 0 Å². The maximum Gasteiger partial charge on any atom is 0.340 e. The molecular formula is C20H26N2O2S. The number of para-hydroxylation sites is 1. The van der Waals surface area contributed by atoms with E-state index in [9.17, 15) is 4.79 Å². The number of pyridine rings is 1. The van der Waals surface area contributed by atoms with Gasteiger partial charge in [0.2, 0.25) is 0 Å². The second-order valence-corrected chi connectivity index (χ2v) is 8.07. The van der Waals surface area contributed by atoms with Gasteiger partial charge in [-0.05, 0) is 32.4 Å². The van der Waals surface area contributed by atoms with E-state index in [0.29, 0.717) is 30.0 Å². The Morgan fingerprint density at radius 2 is 2.12 bits per heavy atom. The van der Waals surface area contributed by atoms with E-state index in [0.717, 1.165) is 34.5 Å². The summed E-state index contributed by atoms with van der Waals surface area (Å²) >= 11 is 2.01. The molecule has 1 aromatic carbocycles. The third kappa shape index (κ3) is 3.67. The molecule has 2 aromatic rings. The SMILES string of the molecule is CCOC(=O)c1c(CN2CCSC(C)C2C)nc2ccccc2c1C. The zero-order valence-corrected chi connectivity index (χ0v) is 16.2. The van der Waals surface area contributed by atoms with Gasteiger partial charge < -0.3 is 4.74 Å². The number of carbonyl (C=O) groups excluding carboxylic acids is 1. The molecule has 25 heavy (non-hydrogen) atoms. The van der Waals surface area contributed by atoms with Crippen LogP contribution in [0.25, 0.3) is 10.9 Å². The number of aromatic nitrogens is 1. The molecule has 3 rings (SSSR count). The summed E-state index contributed by atoms with van der Waals surface area (Å²) in [5, 5.41) is 1.60. The van der Waals surface area contributed by atoms with Crippen molar-refractivity contribution < 1.29 is 9.53 Å². The first-order valence-electron chi connectivity index (χ1n) is 8.94. The van der Waals surface area contributed by atoms with Gasteiger partial charge in [-0.1, -0.05) is 25.1 Å². The fourth-order valence-corrected chi connectivity index (χ4v) is 4.60. The molecule has 1 aromatic heterocycles. The summed E-state index contributed by atoms with van der Waals surface area (Å²) in [4.78, 5) is 19.9. The van der Waals surface area contributed by atoms with Crippen molar-refractivity contribution in [1.29, 1.82) is 0 Å². The standard InChI is InChI=1S/C20H26N2O2S/c1-5-24-20(23)19-13(2)16-8-6-7-9-17(16)21-18(19)12-22-10-11-25-15(4)14(22)3/h6-9,14-15H,5,10-12H2,1-4H3. The number of nitrogens with zero attached hydrogens (tertiary/aromatic N) is 2. The normalized spacial score (nSPS) is 21.4. The number of carbonyl (C=O) groups is 1. The predicted molar refractivity (Wildman–Crippen MR) is 104 cm³/mol. The van der Waals surface area contributed by atoms with Crippen LogP contribution in [0, 0.1) is 6.92 Å². The van der Waals surface area contributed by atoms with Gasteiger partial charge in [-0.25, -0.2) is 4.79 Å². The summed E-state index contributed by atoms with van der Waals surface area (Å²) in [6.07, 6.45) is 0. The third-order valence-corrected chi connectivity index (χ3v) is 6.41. The van der Waals surface area contributed by atoms with Crippen LogP contribution in [0.15, 0.2) is 24.3 Å². The molecular weight excluding hydrogens is 332 g/mol. The molecule has 2 heterocycles. The number of fused-ring (bicyclic) bond motifs is 1. The minimum Gasteiger partial charge on any atom is -0.462 e. The molecule has 0 amide bonds. The third-order valence-electron chi connectivity index (χ3n) is 5.07. The van der Waals surface area contributed by atoms with Crippen molar-refractivity contribution in [2.75, 3.05) is 18.9 Å². The lowest BCUT2D eigenvalue weighted by molar-refractivity contribution is 0.0522. The maximum atomic E-state index is 12.6. The van der Waals surface area contributed by atoms with E-state index >= 15 is 0 Å². The first-order chi connectivity index (χ1) is 12.0. The molecule has 134 valence electrons. The van der Waals surface area contributed by atoms with Crippen molar-refractivity contribution in [3.05, 3.63) is 41.1 Å². The number of ether oxygens (including phenoxy) is 1. The molecule has 4 nitrogen and oxygen atoms in total. The quantitative estimate of drug-likeness (QED) is 0.772. The van der Waals surface area contributed by atoms with E-state index in [4.69, 9.17) is 9.72 Å². The van der Waals surface area contributed by atoms with E-state index in [1.54, 1.807) is 0 Å². The summed E-state index contributed by atoms with van der Waals surface area (Å²) in [6, 6.07) is 8.47. The van der Waals surface area contributed by atoms with Gasteiger partial charge in [0.25, 0.3) is 0 Å². The molecule has 1 saturated heterocycles. The Balaban J connectivity index is 2.05. The van der Waals surface area contributed by atoms with Crippen LogP contribution in [0.5, 0.6) is 0 Å². The fraction of sp³-hybridized carbons (Fsp3) is 0.500. The van der Waals surface area contributed by atoms with Crippen LogP contribution in [-0.4, -0.2) is 46.0 Å². The van der Waals surface area contributed by atoms with E-state index in [-0.39, 0.29) is 5.97 Å². The van der Waals surface area contributed by atoms with E-state index in [1.807, 2.05) is 49.9 Å². The van der Waals surface area contributed by atoms with Crippen LogP contribution in [0.3, 0.4) is 0 Å². The fourth-order valence-electron chi connectivity index (χ4n) is 3.44. The Hall–Kier alpha value is -1.59. The highest BCUT2D eigenvalue weighted by Crippen LogP contribution is 2.29. The lowest BCUT2D eigenvalue weighted by atomic mass is 10.0. The number of hydrogen-bond acceptors (Lipinski definition) is 5. The highest BCUT2D eigenvalue weighted by Gasteiger charge is 2.28. The van der Waals surface area contributed by atoms with E-state index < -0.39 is 0 Å². The molecule has 2 atom stereocenters. The molecule has 5 heteroatoms. The van der Waals surface area contributed by atoms with Gasteiger partial charge >= 0.3 is 5.97 Å².